The van der Waals surface area contributed by atoms with Gasteiger partial charge in [-0.1, -0.05) is 26.8 Å². The molecular weight excluding hydrogens is 821 g/mol. The Morgan fingerprint density at radius 3 is 2.73 bits per heavy atom. The fraction of sp³-hybridized carbons (Fsp3) is 0.511. The molecule has 1 aromatic carbocycles. The van der Waals surface area contributed by atoms with E-state index in [1.165, 1.54) is 16.3 Å². The third-order valence-corrected chi connectivity index (χ3v) is 13.8. The number of nitriles is 1. The maximum absolute atomic E-state index is 14.8. The Balaban J connectivity index is 1.21. The monoisotopic (exact) mass is 876 g/mol. The molecule has 1 aliphatic carbocycles. The summed E-state index contributed by atoms with van der Waals surface area (Å²) < 4.78 is 20.6. The van der Waals surface area contributed by atoms with E-state index < -0.39 is 53.2 Å². The van der Waals surface area contributed by atoms with Crippen LogP contribution in [0.4, 0.5) is 0 Å². The van der Waals surface area contributed by atoms with Crippen molar-refractivity contribution in [3.63, 3.8) is 0 Å². The van der Waals surface area contributed by atoms with E-state index in [0.29, 0.717) is 48.6 Å². The molecule has 3 aliphatic heterocycles. The lowest BCUT2D eigenvalue weighted by Crippen LogP contribution is -2.61. The third kappa shape index (κ3) is 8.51. The number of fused-ring (bicyclic) bond motifs is 6. The van der Waals surface area contributed by atoms with Crippen LogP contribution in [-0.4, -0.2) is 100 Å². The average molecular weight is 877 g/mol. The first-order valence-corrected chi connectivity index (χ1v) is 22.8. The van der Waals surface area contributed by atoms with Crippen LogP contribution in [0.5, 0.6) is 0 Å². The van der Waals surface area contributed by atoms with Gasteiger partial charge in [0.1, 0.15) is 23.2 Å². The first-order chi connectivity index (χ1) is 30.3. The summed E-state index contributed by atoms with van der Waals surface area (Å²) in [4.78, 5) is 68.0. The van der Waals surface area contributed by atoms with Gasteiger partial charge in [0.15, 0.2) is 0 Å². The van der Waals surface area contributed by atoms with E-state index in [1.54, 1.807) is 24.3 Å². The van der Waals surface area contributed by atoms with Gasteiger partial charge >= 0.3 is 5.97 Å². The van der Waals surface area contributed by atoms with Crippen molar-refractivity contribution >= 4 is 45.9 Å². The van der Waals surface area contributed by atoms with Crippen LogP contribution < -0.4 is 10.7 Å². The third-order valence-electron chi connectivity index (χ3n) is 12.9. The van der Waals surface area contributed by atoms with Crippen molar-refractivity contribution in [2.45, 2.75) is 91.6 Å². The van der Waals surface area contributed by atoms with Crippen molar-refractivity contribution in [3.05, 3.63) is 69.8 Å². The second-order valence-electron chi connectivity index (χ2n) is 17.8. The molecule has 1 unspecified atom stereocenters. The number of nitrogens with zero attached hydrogens (tertiary/aromatic N) is 6. The van der Waals surface area contributed by atoms with Crippen LogP contribution in [0.1, 0.15) is 82.9 Å². The van der Waals surface area contributed by atoms with Gasteiger partial charge in [-0.25, -0.2) is 10.4 Å². The fourth-order valence-corrected chi connectivity index (χ4v) is 10.4. The number of ether oxygens (including phenoxy) is 3. The maximum atomic E-state index is 14.8. The minimum atomic E-state index is -1.25. The fourth-order valence-electron chi connectivity index (χ4n) is 9.45. The summed E-state index contributed by atoms with van der Waals surface area (Å²) in [6.07, 6.45) is 3.78. The molecular formula is C47H56N8O7S. The van der Waals surface area contributed by atoms with Gasteiger partial charge < -0.3 is 29.0 Å². The molecule has 63 heavy (non-hydrogen) atoms. The molecule has 0 spiro atoms. The van der Waals surface area contributed by atoms with E-state index >= 15 is 0 Å². The van der Waals surface area contributed by atoms with Crippen molar-refractivity contribution < 1.29 is 33.4 Å². The number of nitrogens with one attached hydrogen (secondary N) is 2. The van der Waals surface area contributed by atoms with Gasteiger partial charge in [-0.15, -0.1) is 11.3 Å². The molecule has 4 aliphatic rings. The van der Waals surface area contributed by atoms with Crippen molar-refractivity contribution in [2.24, 2.45) is 23.2 Å². The predicted molar refractivity (Wildman–Crippen MR) is 236 cm³/mol. The minimum absolute atomic E-state index is 0.121. The summed E-state index contributed by atoms with van der Waals surface area (Å²) in [6.45, 7) is 13.8. The molecule has 0 radical (unpaired) electrons. The van der Waals surface area contributed by atoms with Crippen LogP contribution in [0.15, 0.2) is 53.6 Å². The molecule has 8 rings (SSSR count). The minimum Gasteiger partial charge on any atom is -0.464 e. The molecule has 6 bridgehead atoms. The molecule has 2 fully saturated rings. The summed E-state index contributed by atoms with van der Waals surface area (Å²) in [5, 5.41) is 17.2. The van der Waals surface area contributed by atoms with Crippen molar-refractivity contribution in [1.29, 1.82) is 5.26 Å². The molecule has 1 saturated carbocycles. The van der Waals surface area contributed by atoms with Crippen LogP contribution >= 0.6 is 11.3 Å². The average Bonchev–Trinajstić information content (AvgIpc) is 3.68. The normalized spacial score (nSPS) is 25.2. The van der Waals surface area contributed by atoms with E-state index in [2.05, 4.69) is 60.3 Å². The number of cyclic esters (lactones) is 1. The molecule has 2 N–H and O–H groups in total. The molecule has 332 valence electrons. The van der Waals surface area contributed by atoms with E-state index in [9.17, 15) is 24.4 Å². The van der Waals surface area contributed by atoms with Gasteiger partial charge in [-0.3, -0.25) is 29.2 Å². The number of hydrazine groups is 1. The highest BCUT2D eigenvalue weighted by Crippen LogP contribution is 2.48. The number of methoxy groups -OCH3 is 1. The van der Waals surface area contributed by atoms with Crippen LogP contribution in [0.3, 0.4) is 0 Å². The number of carbonyl (C=O) groups excluding carboxylic acids is 4. The number of hydrogen-bond acceptors (Lipinski definition) is 12. The molecule has 16 heteroatoms. The van der Waals surface area contributed by atoms with Gasteiger partial charge in [0, 0.05) is 77.9 Å². The summed E-state index contributed by atoms with van der Waals surface area (Å²) in [6, 6.07) is 10.4. The smallest absolute Gasteiger partial charge is 0.324 e. The Morgan fingerprint density at radius 1 is 1.19 bits per heavy atom. The lowest BCUT2D eigenvalue weighted by atomic mass is 9.84. The Kier molecular flexibility index (Phi) is 12.6. The lowest BCUT2D eigenvalue weighted by Gasteiger charge is -2.37. The first-order valence-electron chi connectivity index (χ1n) is 21.9. The van der Waals surface area contributed by atoms with E-state index in [1.807, 2.05) is 38.3 Å². The number of esters is 1. The maximum Gasteiger partial charge on any atom is 0.324 e. The SMILES string of the molecule is CCO[C@@H]1c2nc(cs2)-c2ccc3c(c2)c(c(-c2cccnc2[C@H](C)OC)n3CC)CC(C)(C)COC(=O)[C@@H]2CCCN(N2)C(=O)C1NC(=O)[C@@H]1[C@@H](C)[C@H]1C(=O)N1CC=C(C#N)C1. The molecule has 15 nitrogen and oxygen atoms in total. The van der Waals surface area contributed by atoms with Crippen LogP contribution in [0.2, 0.25) is 0 Å². The Labute approximate surface area is 371 Å². The number of rotatable bonds is 9. The van der Waals surface area contributed by atoms with Crippen molar-refractivity contribution in [1.82, 2.24) is 35.2 Å². The number of benzene rings is 1. The number of aromatic nitrogens is 3. The Hall–Kier alpha value is -5.47. The highest BCUT2D eigenvalue weighted by atomic mass is 32.1. The first kappa shape index (κ1) is 44.1. The summed E-state index contributed by atoms with van der Waals surface area (Å²) >= 11 is 1.34. The second kappa shape index (κ2) is 18.0. The molecule has 4 aromatic rings. The van der Waals surface area contributed by atoms with Gasteiger partial charge in [0.25, 0.3) is 5.91 Å². The Morgan fingerprint density at radius 2 is 2.00 bits per heavy atom. The van der Waals surface area contributed by atoms with Gasteiger partial charge in [-0.2, -0.15) is 5.26 Å². The quantitative estimate of drug-likeness (QED) is 0.191. The largest absolute Gasteiger partial charge is 0.464 e. The zero-order valence-electron chi connectivity index (χ0n) is 37.0. The summed E-state index contributed by atoms with van der Waals surface area (Å²) in [7, 11) is 1.68. The highest BCUT2D eigenvalue weighted by molar-refractivity contribution is 7.10. The number of pyridine rings is 1. The summed E-state index contributed by atoms with van der Waals surface area (Å²) in [5.41, 5.74) is 9.62. The van der Waals surface area contributed by atoms with Crippen LogP contribution in [-0.2, 0) is 46.4 Å². The van der Waals surface area contributed by atoms with Crippen LogP contribution in [0, 0.1) is 34.5 Å². The molecule has 1 saturated heterocycles. The number of carbonyl (C=O) groups is 4. The standard InChI is InChI=1S/C47H56N8O7S/c1-8-54-35-15-14-29-20-31(35)32(40(54)30-12-10-17-49-38(30)27(4)60-7)21-47(5,6)25-62-46(59)33-13-11-18-55(52-33)45(58)39(41(61-9-2)43-50-34(29)24-63-43)51-42(56)36-26(3)37(36)44(57)53-19-16-28(22-48)23-53/h10,12,14-17,20,24,26-27,33,36-37,39,41,52H,8-9,11,13,18-19,21,23,25H2,1-7H3,(H,51,56)/t26-,27+,33+,36-,37-,39?,41+/m1/s1. The Bertz CT molecular complexity index is 2500. The van der Waals surface area contributed by atoms with E-state index in [4.69, 9.17) is 24.2 Å². The second-order valence-corrected chi connectivity index (χ2v) is 18.7. The highest BCUT2D eigenvalue weighted by Gasteiger charge is 2.58. The molecule has 7 atom stereocenters. The molecule has 3 amide bonds. The number of hydrogen-bond donors (Lipinski definition) is 2. The van der Waals surface area contributed by atoms with Crippen molar-refractivity contribution in [3.8, 4) is 28.6 Å². The number of aryl methyl sites for hydroxylation is 1. The number of thiazole rings is 1. The number of amides is 3. The van der Waals surface area contributed by atoms with Gasteiger partial charge in [0.05, 0.1) is 54.2 Å². The van der Waals surface area contributed by atoms with Gasteiger partial charge in [-0.05, 0) is 81.9 Å². The topological polar surface area (TPSA) is 181 Å². The predicted octanol–water partition coefficient (Wildman–Crippen LogP) is 5.91. The van der Waals surface area contributed by atoms with E-state index in [-0.39, 0.29) is 44.2 Å². The molecule has 3 aromatic heterocycles. The van der Waals surface area contributed by atoms with E-state index in [0.717, 1.165) is 39.0 Å². The van der Waals surface area contributed by atoms with Crippen LogP contribution in [0.25, 0.3) is 33.4 Å². The van der Waals surface area contributed by atoms with Gasteiger partial charge in [0.2, 0.25) is 11.8 Å². The lowest BCUT2D eigenvalue weighted by molar-refractivity contribution is -0.156. The zero-order chi connectivity index (χ0) is 44.7. The van der Waals surface area contributed by atoms with Crippen molar-refractivity contribution in [2.75, 3.05) is 40.0 Å². The molecule has 6 heterocycles. The summed E-state index contributed by atoms with van der Waals surface area (Å²) in [5.74, 6) is -3.15. The zero-order valence-corrected chi connectivity index (χ0v) is 37.8.